The minimum atomic E-state index is 0.0370. The molecule has 0 atom stereocenters. The summed E-state index contributed by atoms with van der Waals surface area (Å²) in [7, 11) is 0. The number of carbonyl (C=O) groups is 1. The van der Waals surface area contributed by atoms with Crippen LogP contribution in [0.15, 0.2) is 42.5 Å². The van der Waals surface area contributed by atoms with E-state index in [9.17, 15) is 4.79 Å². The van der Waals surface area contributed by atoms with Gasteiger partial charge >= 0.3 is 0 Å². The number of carbonyl (C=O) groups excluding carboxylic acids is 1. The zero-order chi connectivity index (χ0) is 12.3. The minimum Gasteiger partial charge on any atom is -0.343 e. The van der Waals surface area contributed by atoms with Crippen molar-refractivity contribution in [3.05, 3.63) is 48.0 Å². The lowest BCUT2D eigenvalue weighted by atomic mass is 10.2. The first-order chi connectivity index (χ1) is 8.33. The summed E-state index contributed by atoms with van der Waals surface area (Å²) >= 11 is 1.31. The Morgan fingerprint density at radius 3 is 2.76 bits per heavy atom. The van der Waals surface area contributed by atoms with E-state index in [1.54, 1.807) is 0 Å². The molecule has 0 aliphatic carbocycles. The molecule has 0 aliphatic rings. The summed E-state index contributed by atoms with van der Waals surface area (Å²) in [4.78, 5) is 11.5. The Morgan fingerprint density at radius 2 is 2.06 bits per heavy atom. The van der Waals surface area contributed by atoms with Crippen LogP contribution in [0.4, 0.5) is 4.79 Å². The van der Waals surface area contributed by atoms with E-state index in [0.29, 0.717) is 6.54 Å². The Balaban J connectivity index is 2.13. The second-order valence-corrected chi connectivity index (χ2v) is 4.69. The second-order valence-electron chi connectivity index (χ2n) is 3.70. The van der Waals surface area contributed by atoms with Gasteiger partial charge in [0, 0.05) is 12.3 Å². The van der Waals surface area contributed by atoms with Crippen LogP contribution in [0.2, 0.25) is 0 Å². The maximum atomic E-state index is 11.5. The van der Waals surface area contributed by atoms with E-state index in [2.05, 4.69) is 24.4 Å². The van der Waals surface area contributed by atoms with Crippen LogP contribution in [0, 0.1) is 0 Å². The highest BCUT2D eigenvalue weighted by Gasteiger charge is 1.99. The van der Waals surface area contributed by atoms with Crippen LogP contribution in [0.1, 0.15) is 25.3 Å². The number of allylic oxidation sites excluding steroid dienone is 1. The predicted octanol–water partition coefficient (Wildman–Crippen LogP) is 3.99. The summed E-state index contributed by atoms with van der Waals surface area (Å²) in [5.74, 6) is 0.751. The molecule has 3 heteroatoms. The zero-order valence-corrected chi connectivity index (χ0v) is 11.0. The Kier molecular flexibility index (Phi) is 7.23. The van der Waals surface area contributed by atoms with E-state index in [1.165, 1.54) is 11.8 Å². The van der Waals surface area contributed by atoms with Crippen molar-refractivity contribution in [1.82, 2.24) is 5.32 Å². The topological polar surface area (TPSA) is 29.1 Å². The number of rotatable bonds is 6. The first kappa shape index (κ1) is 13.8. The first-order valence-electron chi connectivity index (χ1n) is 5.92. The third kappa shape index (κ3) is 6.84. The lowest BCUT2D eigenvalue weighted by Gasteiger charge is -2.03. The highest BCUT2D eigenvalue weighted by molar-refractivity contribution is 8.13. The Morgan fingerprint density at radius 1 is 1.29 bits per heavy atom. The second kappa shape index (κ2) is 8.88. The van der Waals surface area contributed by atoms with Crippen molar-refractivity contribution in [2.75, 3.05) is 5.75 Å². The summed E-state index contributed by atoms with van der Waals surface area (Å²) in [5.41, 5.74) is 1.13. The van der Waals surface area contributed by atoms with Gasteiger partial charge in [0.2, 0.25) is 0 Å². The highest BCUT2D eigenvalue weighted by atomic mass is 32.2. The van der Waals surface area contributed by atoms with E-state index >= 15 is 0 Å². The van der Waals surface area contributed by atoms with Crippen molar-refractivity contribution in [3.63, 3.8) is 0 Å². The molecule has 0 heterocycles. The summed E-state index contributed by atoms with van der Waals surface area (Å²) < 4.78 is 0. The van der Waals surface area contributed by atoms with E-state index in [4.69, 9.17) is 0 Å². The van der Waals surface area contributed by atoms with E-state index in [1.807, 2.05) is 30.3 Å². The molecule has 1 aromatic carbocycles. The average Bonchev–Trinajstić information content (AvgIpc) is 2.37. The van der Waals surface area contributed by atoms with E-state index in [-0.39, 0.29) is 5.24 Å². The molecule has 0 saturated heterocycles. The number of hydrogen-bond donors (Lipinski definition) is 1. The predicted molar refractivity (Wildman–Crippen MR) is 75.2 cm³/mol. The van der Waals surface area contributed by atoms with Gasteiger partial charge < -0.3 is 5.32 Å². The molecule has 0 unspecified atom stereocenters. The van der Waals surface area contributed by atoms with Crippen LogP contribution < -0.4 is 5.32 Å². The van der Waals surface area contributed by atoms with Crippen LogP contribution in [0.5, 0.6) is 0 Å². The van der Waals surface area contributed by atoms with Gasteiger partial charge in [-0.05, 0) is 12.0 Å². The van der Waals surface area contributed by atoms with Crippen molar-refractivity contribution >= 4 is 17.0 Å². The Hall–Kier alpha value is -1.22. The van der Waals surface area contributed by atoms with Crippen LogP contribution in [-0.4, -0.2) is 11.0 Å². The van der Waals surface area contributed by atoms with Gasteiger partial charge in [-0.1, -0.05) is 67.6 Å². The third-order valence-electron chi connectivity index (χ3n) is 2.21. The normalized spacial score (nSPS) is 10.6. The van der Waals surface area contributed by atoms with Gasteiger partial charge in [0.05, 0.1) is 0 Å². The summed E-state index contributed by atoms with van der Waals surface area (Å²) in [6.07, 6.45) is 6.42. The third-order valence-corrected chi connectivity index (χ3v) is 2.98. The van der Waals surface area contributed by atoms with E-state index < -0.39 is 0 Å². The van der Waals surface area contributed by atoms with Gasteiger partial charge in [-0.25, -0.2) is 0 Å². The SMILES string of the molecule is CCC/C=C/CSC(=O)NCc1ccccc1. The molecule has 1 aromatic rings. The molecule has 0 radical (unpaired) electrons. The molecule has 17 heavy (non-hydrogen) atoms. The van der Waals surface area contributed by atoms with Gasteiger partial charge in [0.25, 0.3) is 5.24 Å². The maximum Gasteiger partial charge on any atom is 0.279 e. The smallest absolute Gasteiger partial charge is 0.279 e. The number of unbranched alkanes of at least 4 members (excludes halogenated alkanes) is 1. The molecule has 1 amide bonds. The number of hydrogen-bond acceptors (Lipinski definition) is 2. The number of benzene rings is 1. The van der Waals surface area contributed by atoms with Gasteiger partial charge in [-0.15, -0.1) is 0 Å². The summed E-state index contributed by atoms with van der Waals surface area (Å²) in [5, 5.41) is 2.92. The van der Waals surface area contributed by atoms with Gasteiger partial charge in [-0.3, -0.25) is 4.79 Å². The van der Waals surface area contributed by atoms with Crippen LogP contribution in [0.3, 0.4) is 0 Å². The van der Waals surface area contributed by atoms with Gasteiger partial charge in [0.1, 0.15) is 0 Å². The van der Waals surface area contributed by atoms with Crippen molar-refractivity contribution < 1.29 is 4.79 Å². The van der Waals surface area contributed by atoms with Crippen molar-refractivity contribution in [3.8, 4) is 0 Å². The quantitative estimate of drug-likeness (QED) is 0.772. The van der Waals surface area contributed by atoms with E-state index in [0.717, 1.165) is 24.2 Å². The molecule has 1 N–H and O–H groups in total. The standard InChI is InChI=1S/C14H19NOS/c1-2-3-4-8-11-17-14(16)15-12-13-9-6-5-7-10-13/h4-10H,2-3,11-12H2,1H3,(H,15,16)/b8-4+. The zero-order valence-electron chi connectivity index (χ0n) is 10.2. The first-order valence-corrected chi connectivity index (χ1v) is 6.91. The molecule has 0 saturated carbocycles. The molecule has 0 spiro atoms. The number of nitrogens with one attached hydrogen (secondary N) is 1. The van der Waals surface area contributed by atoms with Crippen molar-refractivity contribution in [2.24, 2.45) is 0 Å². The summed E-state index contributed by atoms with van der Waals surface area (Å²) in [6.45, 7) is 2.75. The Bertz CT molecular complexity index is 348. The van der Waals surface area contributed by atoms with Crippen molar-refractivity contribution in [1.29, 1.82) is 0 Å². The fourth-order valence-corrected chi connectivity index (χ4v) is 1.86. The minimum absolute atomic E-state index is 0.0370. The maximum absolute atomic E-state index is 11.5. The molecule has 92 valence electrons. The fourth-order valence-electron chi connectivity index (χ4n) is 1.30. The van der Waals surface area contributed by atoms with Crippen LogP contribution in [-0.2, 0) is 6.54 Å². The number of thioether (sulfide) groups is 1. The van der Waals surface area contributed by atoms with Gasteiger partial charge in [0.15, 0.2) is 0 Å². The molecule has 0 fully saturated rings. The largest absolute Gasteiger partial charge is 0.343 e. The lowest BCUT2D eigenvalue weighted by molar-refractivity contribution is 0.260. The van der Waals surface area contributed by atoms with Crippen LogP contribution in [0.25, 0.3) is 0 Å². The highest BCUT2D eigenvalue weighted by Crippen LogP contribution is 2.04. The monoisotopic (exact) mass is 249 g/mol. The van der Waals surface area contributed by atoms with Gasteiger partial charge in [-0.2, -0.15) is 0 Å². The molecule has 1 rings (SSSR count). The molecular weight excluding hydrogens is 230 g/mol. The molecule has 0 bridgehead atoms. The number of amides is 1. The average molecular weight is 249 g/mol. The lowest BCUT2D eigenvalue weighted by Crippen LogP contribution is -2.17. The molecule has 0 aromatic heterocycles. The van der Waals surface area contributed by atoms with Crippen molar-refractivity contribution in [2.45, 2.75) is 26.3 Å². The molecular formula is C14H19NOS. The summed E-state index contributed by atoms with van der Waals surface area (Å²) in [6, 6.07) is 9.93. The van der Waals surface area contributed by atoms with Crippen LogP contribution >= 0.6 is 11.8 Å². The Labute approximate surface area is 107 Å². The fraction of sp³-hybridized carbons (Fsp3) is 0.357. The molecule has 0 aliphatic heterocycles. The molecule has 2 nitrogen and oxygen atoms in total.